The van der Waals surface area contributed by atoms with Crippen LogP contribution in [0.4, 0.5) is 0 Å². The van der Waals surface area contributed by atoms with Gasteiger partial charge in [0.25, 0.3) is 0 Å². The lowest BCUT2D eigenvalue weighted by Gasteiger charge is -2.26. The van der Waals surface area contributed by atoms with Crippen LogP contribution in [-0.4, -0.2) is 0 Å². The maximum absolute atomic E-state index is 2.44. The average Bonchev–Trinajstić information content (AvgIpc) is 2.28. The van der Waals surface area contributed by atoms with Gasteiger partial charge in [-0.05, 0) is 18.3 Å². The molecule has 0 bridgehead atoms. The normalized spacial score (nSPS) is 25.9. The topological polar surface area (TPSA) is 0 Å². The molecule has 0 radical (unpaired) electrons. The van der Waals surface area contributed by atoms with E-state index in [1.165, 1.54) is 77.0 Å². The maximum atomic E-state index is 2.44. The Balaban J connectivity index is 1.86. The van der Waals surface area contributed by atoms with E-state index in [4.69, 9.17) is 0 Å². The summed E-state index contributed by atoms with van der Waals surface area (Å²) in [6.07, 6.45) is 17.8. The summed E-state index contributed by atoms with van der Waals surface area (Å²) in [5.74, 6) is 2.10. The predicted molar refractivity (Wildman–Crippen MR) is 73.7 cm³/mol. The first kappa shape index (κ1) is 14.1. The van der Waals surface area contributed by atoms with E-state index in [1.54, 1.807) is 0 Å². The van der Waals surface area contributed by atoms with Gasteiger partial charge in [-0.1, -0.05) is 84.5 Å². The summed E-state index contributed by atoms with van der Waals surface area (Å²) in [5, 5.41) is 0. The molecule has 16 heavy (non-hydrogen) atoms. The number of rotatable bonds is 8. The molecule has 0 spiro atoms. The molecule has 0 unspecified atom stereocenters. The zero-order valence-corrected chi connectivity index (χ0v) is 11.6. The van der Waals surface area contributed by atoms with E-state index in [2.05, 4.69) is 13.8 Å². The molecule has 0 heterocycles. The molecular formula is C16H32. The summed E-state index contributed by atoms with van der Waals surface area (Å²) in [7, 11) is 0. The molecule has 0 aromatic carbocycles. The van der Waals surface area contributed by atoms with Gasteiger partial charge in [0.2, 0.25) is 0 Å². The van der Waals surface area contributed by atoms with Crippen molar-refractivity contribution in [2.24, 2.45) is 11.8 Å². The Bertz CT molecular complexity index is 150. The molecule has 2 atom stereocenters. The van der Waals surface area contributed by atoms with Gasteiger partial charge in [-0.3, -0.25) is 0 Å². The van der Waals surface area contributed by atoms with Crippen molar-refractivity contribution in [2.45, 2.75) is 90.9 Å². The first-order valence-electron chi connectivity index (χ1n) is 7.83. The third-order valence-corrected chi connectivity index (χ3v) is 4.26. The monoisotopic (exact) mass is 224 g/mol. The van der Waals surface area contributed by atoms with Crippen molar-refractivity contribution in [3.8, 4) is 0 Å². The molecule has 0 aromatic heterocycles. The summed E-state index contributed by atoms with van der Waals surface area (Å²) in [4.78, 5) is 0. The van der Waals surface area contributed by atoms with Crippen LogP contribution >= 0.6 is 0 Å². The minimum atomic E-state index is 1.02. The standard InChI is InChI=1S/C16H32/c1-3-4-5-6-7-8-9-12-16-13-10-11-15(2)14-16/h15-16H,3-14H2,1-2H3/t15-,16+/m1/s1. The van der Waals surface area contributed by atoms with Crippen molar-refractivity contribution in [3.63, 3.8) is 0 Å². The van der Waals surface area contributed by atoms with Crippen LogP contribution in [0.5, 0.6) is 0 Å². The highest BCUT2D eigenvalue weighted by Gasteiger charge is 2.17. The highest BCUT2D eigenvalue weighted by molar-refractivity contribution is 4.70. The predicted octanol–water partition coefficient (Wildman–Crippen LogP) is 5.95. The van der Waals surface area contributed by atoms with Crippen LogP contribution in [0.3, 0.4) is 0 Å². The second-order valence-electron chi connectivity index (χ2n) is 6.05. The van der Waals surface area contributed by atoms with Crippen molar-refractivity contribution in [2.75, 3.05) is 0 Å². The molecule has 1 aliphatic rings. The van der Waals surface area contributed by atoms with Gasteiger partial charge in [-0.25, -0.2) is 0 Å². The third kappa shape index (κ3) is 6.55. The summed E-state index contributed by atoms with van der Waals surface area (Å²) in [6, 6.07) is 0. The van der Waals surface area contributed by atoms with Crippen LogP contribution in [0, 0.1) is 11.8 Å². The fourth-order valence-corrected chi connectivity index (χ4v) is 3.21. The molecule has 1 fully saturated rings. The zero-order valence-electron chi connectivity index (χ0n) is 11.6. The molecule has 0 N–H and O–H groups in total. The molecule has 0 aliphatic heterocycles. The highest BCUT2D eigenvalue weighted by Crippen LogP contribution is 2.31. The fourth-order valence-electron chi connectivity index (χ4n) is 3.21. The molecular weight excluding hydrogens is 192 g/mol. The first-order chi connectivity index (χ1) is 7.83. The van der Waals surface area contributed by atoms with Gasteiger partial charge in [0.1, 0.15) is 0 Å². The van der Waals surface area contributed by atoms with E-state index < -0.39 is 0 Å². The Hall–Kier alpha value is 0. The van der Waals surface area contributed by atoms with Gasteiger partial charge in [0.15, 0.2) is 0 Å². The Kier molecular flexibility index (Phi) is 7.98. The molecule has 0 nitrogen and oxygen atoms in total. The van der Waals surface area contributed by atoms with Gasteiger partial charge in [-0.15, -0.1) is 0 Å². The highest BCUT2D eigenvalue weighted by atomic mass is 14.2. The second-order valence-corrected chi connectivity index (χ2v) is 6.05. The molecule has 0 aromatic rings. The second kappa shape index (κ2) is 9.07. The van der Waals surface area contributed by atoms with Crippen molar-refractivity contribution in [1.29, 1.82) is 0 Å². The quantitative estimate of drug-likeness (QED) is 0.447. The van der Waals surface area contributed by atoms with Crippen LogP contribution < -0.4 is 0 Å². The lowest BCUT2D eigenvalue weighted by molar-refractivity contribution is 0.263. The van der Waals surface area contributed by atoms with Gasteiger partial charge >= 0.3 is 0 Å². The fraction of sp³-hybridized carbons (Fsp3) is 1.00. The van der Waals surface area contributed by atoms with E-state index in [0.29, 0.717) is 0 Å². The van der Waals surface area contributed by atoms with E-state index in [0.717, 1.165) is 11.8 Å². The van der Waals surface area contributed by atoms with Crippen molar-refractivity contribution in [1.82, 2.24) is 0 Å². The smallest absolute Gasteiger partial charge is 0.0412 e. The van der Waals surface area contributed by atoms with Crippen molar-refractivity contribution >= 4 is 0 Å². The van der Waals surface area contributed by atoms with E-state index in [9.17, 15) is 0 Å². The van der Waals surface area contributed by atoms with Gasteiger partial charge in [0.05, 0.1) is 0 Å². The zero-order chi connectivity index (χ0) is 11.6. The van der Waals surface area contributed by atoms with Crippen LogP contribution in [0.1, 0.15) is 90.9 Å². The van der Waals surface area contributed by atoms with Gasteiger partial charge in [0, 0.05) is 0 Å². The Morgan fingerprint density at radius 3 is 2.25 bits per heavy atom. The Labute approximate surface area is 103 Å². The van der Waals surface area contributed by atoms with E-state index in [1.807, 2.05) is 0 Å². The molecule has 1 rings (SSSR count). The maximum Gasteiger partial charge on any atom is -0.0412 e. The number of hydrogen-bond donors (Lipinski definition) is 0. The molecule has 0 amide bonds. The van der Waals surface area contributed by atoms with Crippen LogP contribution in [0.25, 0.3) is 0 Å². The Morgan fingerprint density at radius 1 is 0.875 bits per heavy atom. The molecule has 0 saturated heterocycles. The minimum Gasteiger partial charge on any atom is -0.0654 e. The summed E-state index contributed by atoms with van der Waals surface area (Å²) < 4.78 is 0. The summed E-state index contributed by atoms with van der Waals surface area (Å²) in [5.41, 5.74) is 0. The molecule has 0 heteroatoms. The lowest BCUT2D eigenvalue weighted by atomic mass is 9.80. The number of unbranched alkanes of at least 4 members (excludes halogenated alkanes) is 6. The molecule has 1 saturated carbocycles. The number of hydrogen-bond acceptors (Lipinski definition) is 0. The van der Waals surface area contributed by atoms with Crippen LogP contribution in [0.2, 0.25) is 0 Å². The molecule has 1 aliphatic carbocycles. The minimum absolute atomic E-state index is 1.02. The Morgan fingerprint density at radius 2 is 1.56 bits per heavy atom. The summed E-state index contributed by atoms with van der Waals surface area (Å²) >= 11 is 0. The van der Waals surface area contributed by atoms with E-state index in [-0.39, 0.29) is 0 Å². The van der Waals surface area contributed by atoms with Gasteiger partial charge < -0.3 is 0 Å². The average molecular weight is 224 g/mol. The van der Waals surface area contributed by atoms with Gasteiger partial charge in [-0.2, -0.15) is 0 Å². The SMILES string of the molecule is CCCCCCCCC[C@H]1CCC[C@@H](C)C1. The molecule has 96 valence electrons. The van der Waals surface area contributed by atoms with Crippen molar-refractivity contribution < 1.29 is 0 Å². The van der Waals surface area contributed by atoms with E-state index >= 15 is 0 Å². The largest absolute Gasteiger partial charge is 0.0654 e. The van der Waals surface area contributed by atoms with Crippen LogP contribution in [0.15, 0.2) is 0 Å². The summed E-state index contributed by atoms with van der Waals surface area (Å²) in [6.45, 7) is 4.74. The van der Waals surface area contributed by atoms with Crippen LogP contribution in [-0.2, 0) is 0 Å². The van der Waals surface area contributed by atoms with Crippen molar-refractivity contribution in [3.05, 3.63) is 0 Å². The third-order valence-electron chi connectivity index (χ3n) is 4.26. The first-order valence-corrected chi connectivity index (χ1v) is 7.83. The lowest BCUT2D eigenvalue weighted by Crippen LogP contribution is -2.12.